The Bertz CT molecular complexity index is 295. The molecule has 0 unspecified atom stereocenters. The molecular weight excluding hydrogens is 230 g/mol. The third kappa shape index (κ3) is 3.14. The monoisotopic (exact) mass is 255 g/mol. The molecule has 104 valence electrons. The Morgan fingerprint density at radius 3 is 2.44 bits per heavy atom. The molecule has 0 aromatic rings. The van der Waals surface area contributed by atoms with Gasteiger partial charge in [-0.05, 0) is 12.8 Å². The Morgan fingerprint density at radius 2 is 2.00 bits per heavy atom. The van der Waals surface area contributed by atoms with Gasteiger partial charge in [-0.2, -0.15) is 0 Å². The topological polar surface area (TPSA) is 44.8 Å². The third-order valence-electron chi connectivity index (χ3n) is 3.87. The van der Waals surface area contributed by atoms with Gasteiger partial charge < -0.3 is 19.9 Å². The zero-order valence-corrected chi connectivity index (χ0v) is 11.7. The van der Waals surface area contributed by atoms with Gasteiger partial charge in [0.15, 0.2) is 0 Å². The number of urea groups is 1. The zero-order chi connectivity index (χ0) is 13.2. The second-order valence-electron chi connectivity index (χ2n) is 6.12. The lowest BCUT2D eigenvalue weighted by atomic mass is 9.88. The molecule has 0 bridgehead atoms. The second-order valence-corrected chi connectivity index (χ2v) is 6.12. The van der Waals surface area contributed by atoms with E-state index in [4.69, 9.17) is 4.74 Å². The van der Waals surface area contributed by atoms with Gasteiger partial charge in [0.05, 0.1) is 13.2 Å². The van der Waals surface area contributed by atoms with Crippen LogP contribution in [0.25, 0.3) is 0 Å². The molecule has 2 aliphatic rings. The summed E-state index contributed by atoms with van der Waals surface area (Å²) in [6, 6.07) is 0.682. The number of nitrogens with zero attached hydrogens (tertiary/aromatic N) is 2. The average Bonchev–Trinajstić information content (AvgIpc) is 2.33. The molecule has 18 heavy (non-hydrogen) atoms. The van der Waals surface area contributed by atoms with Crippen LogP contribution in [0.5, 0.6) is 0 Å². The Kier molecular flexibility index (Phi) is 4.12. The van der Waals surface area contributed by atoms with Gasteiger partial charge in [0.25, 0.3) is 0 Å². The van der Waals surface area contributed by atoms with E-state index in [0.717, 1.165) is 45.7 Å². The summed E-state index contributed by atoms with van der Waals surface area (Å²) in [5.74, 6) is 0. The number of amides is 2. The van der Waals surface area contributed by atoms with E-state index in [1.165, 1.54) is 0 Å². The maximum absolute atomic E-state index is 11.8. The maximum Gasteiger partial charge on any atom is 0.319 e. The number of hydrogen-bond acceptors (Lipinski definition) is 3. The molecule has 5 nitrogen and oxygen atoms in total. The van der Waals surface area contributed by atoms with E-state index in [1.54, 1.807) is 4.90 Å². The van der Waals surface area contributed by atoms with Gasteiger partial charge >= 0.3 is 6.03 Å². The van der Waals surface area contributed by atoms with E-state index < -0.39 is 0 Å². The van der Waals surface area contributed by atoms with Crippen molar-refractivity contribution in [1.29, 1.82) is 0 Å². The summed E-state index contributed by atoms with van der Waals surface area (Å²) < 4.78 is 5.25. The predicted molar refractivity (Wildman–Crippen MR) is 70.6 cm³/mol. The summed E-state index contributed by atoms with van der Waals surface area (Å²) in [4.78, 5) is 15.4. The van der Waals surface area contributed by atoms with Crippen LogP contribution >= 0.6 is 0 Å². The molecule has 2 heterocycles. The third-order valence-corrected chi connectivity index (χ3v) is 3.87. The lowest BCUT2D eigenvalue weighted by Crippen LogP contribution is -2.53. The van der Waals surface area contributed by atoms with Crippen molar-refractivity contribution in [1.82, 2.24) is 15.1 Å². The molecule has 2 saturated heterocycles. The van der Waals surface area contributed by atoms with Crippen LogP contribution < -0.4 is 5.32 Å². The normalized spacial score (nSPS) is 23.6. The molecule has 0 spiro atoms. The molecule has 2 aliphatic heterocycles. The molecule has 0 saturated carbocycles. The van der Waals surface area contributed by atoms with Crippen molar-refractivity contribution in [2.75, 3.05) is 46.9 Å². The predicted octanol–water partition coefficient (Wildman–Crippen LogP) is 0.759. The summed E-state index contributed by atoms with van der Waals surface area (Å²) >= 11 is 0. The Morgan fingerprint density at radius 1 is 1.39 bits per heavy atom. The number of likely N-dealkylation sites (tertiary alicyclic amines) is 1. The molecule has 2 fully saturated rings. The molecule has 5 heteroatoms. The highest BCUT2D eigenvalue weighted by molar-refractivity contribution is 5.73. The first-order valence-electron chi connectivity index (χ1n) is 6.77. The number of nitrogens with one attached hydrogen (secondary N) is 1. The molecule has 2 amide bonds. The molecular formula is C13H25N3O2. The number of rotatable bonds is 3. The molecule has 0 radical (unpaired) electrons. The number of ether oxygens (including phenoxy) is 1. The van der Waals surface area contributed by atoms with Crippen molar-refractivity contribution in [3.63, 3.8) is 0 Å². The van der Waals surface area contributed by atoms with Gasteiger partial charge in [-0.15, -0.1) is 0 Å². The standard InChI is InChI=1S/C13H25N3O2/c1-13(9-18-10-13)8-14-11-4-6-16(7-5-11)12(17)15(2)3/h11,14H,4-10H2,1-3H3. The van der Waals surface area contributed by atoms with E-state index in [0.29, 0.717) is 11.5 Å². The minimum absolute atomic E-state index is 0.132. The van der Waals surface area contributed by atoms with Gasteiger partial charge in [0.2, 0.25) is 0 Å². The summed E-state index contributed by atoms with van der Waals surface area (Å²) in [5.41, 5.74) is 0.330. The van der Waals surface area contributed by atoms with E-state index in [9.17, 15) is 4.79 Å². The van der Waals surface area contributed by atoms with Crippen LogP contribution in [-0.4, -0.2) is 68.8 Å². The first-order chi connectivity index (χ1) is 8.50. The smallest absolute Gasteiger partial charge is 0.319 e. The van der Waals surface area contributed by atoms with Crippen molar-refractivity contribution in [3.8, 4) is 0 Å². The van der Waals surface area contributed by atoms with E-state index in [1.807, 2.05) is 19.0 Å². The van der Waals surface area contributed by atoms with Crippen LogP contribution in [-0.2, 0) is 4.74 Å². The fourth-order valence-electron chi connectivity index (χ4n) is 2.50. The number of carbonyl (C=O) groups is 1. The van der Waals surface area contributed by atoms with Crippen LogP contribution in [0.3, 0.4) is 0 Å². The van der Waals surface area contributed by atoms with Crippen molar-refractivity contribution >= 4 is 6.03 Å². The average molecular weight is 255 g/mol. The van der Waals surface area contributed by atoms with Crippen LogP contribution in [0.1, 0.15) is 19.8 Å². The summed E-state index contributed by atoms with van der Waals surface area (Å²) in [6.45, 7) is 6.76. The highest BCUT2D eigenvalue weighted by Crippen LogP contribution is 2.25. The van der Waals surface area contributed by atoms with Crippen LogP contribution in [0.2, 0.25) is 0 Å². The van der Waals surface area contributed by atoms with Gasteiger partial charge in [0, 0.05) is 45.2 Å². The van der Waals surface area contributed by atoms with Crippen LogP contribution in [0.15, 0.2) is 0 Å². The molecule has 0 aliphatic carbocycles. The van der Waals surface area contributed by atoms with Gasteiger partial charge in [0.1, 0.15) is 0 Å². The van der Waals surface area contributed by atoms with E-state index in [-0.39, 0.29) is 6.03 Å². The summed E-state index contributed by atoms with van der Waals surface area (Å²) in [6.07, 6.45) is 2.10. The lowest BCUT2D eigenvalue weighted by molar-refractivity contribution is -0.100. The van der Waals surface area contributed by atoms with Gasteiger partial charge in [-0.1, -0.05) is 6.92 Å². The Hall–Kier alpha value is -0.810. The van der Waals surface area contributed by atoms with E-state index >= 15 is 0 Å². The zero-order valence-electron chi connectivity index (χ0n) is 11.7. The molecule has 0 aromatic heterocycles. The molecule has 2 rings (SSSR count). The molecule has 0 aromatic carbocycles. The quantitative estimate of drug-likeness (QED) is 0.810. The summed E-state index contributed by atoms with van der Waals surface area (Å²) in [7, 11) is 3.62. The highest BCUT2D eigenvalue weighted by Gasteiger charge is 2.34. The van der Waals surface area contributed by atoms with Crippen LogP contribution in [0.4, 0.5) is 4.79 Å². The number of carbonyl (C=O) groups excluding carboxylic acids is 1. The van der Waals surface area contributed by atoms with Gasteiger partial charge in [-0.3, -0.25) is 0 Å². The Balaban J connectivity index is 1.68. The van der Waals surface area contributed by atoms with Crippen molar-refractivity contribution in [2.24, 2.45) is 5.41 Å². The largest absolute Gasteiger partial charge is 0.380 e. The SMILES string of the molecule is CN(C)C(=O)N1CCC(NCC2(C)COC2)CC1. The van der Waals surface area contributed by atoms with Crippen LogP contribution in [0, 0.1) is 5.41 Å². The minimum Gasteiger partial charge on any atom is -0.380 e. The van der Waals surface area contributed by atoms with Gasteiger partial charge in [-0.25, -0.2) is 4.79 Å². The number of piperidine rings is 1. The molecule has 0 atom stereocenters. The van der Waals surface area contributed by atoms with Crippen molar-refractivity contribution in [2.45, 2.75) is 25.8 Å². The van der Waals surface area contributed by atoms with Crippen molar-refractivity contribution < 1.29 is 9.53 Å². The highest BCUT2D eigenvalue weighted by atomic mass is 16.5. The first kappa shape index (κ1) is 13.6. The first-order valence-corrected chi connectivity index (χ1v) is 6.77. The fourth-order valence-corrected chi connectivity index (χ4v) is 2.50. The second kappa shape index (κ2) is 5.45. The maximum atomic E-state index is 11.8. The lowest BCUT2D eigenvalue weighted by Gasteiger charge is -2.40. The minimum atomic E-state index is 0.132. The number of hydrogen-bond donors (Lipinski definition) is 1. The van der Waals surface area contributed by atoms with Crippen molar-refractivity contribution in [3.05, 3.63) is 0 Å². The molecule has 1 N–H and O–H groups in total. The van der Waals surface area contributed by atoms with E-state index in [2.05, 4.69) is 12.2 Å². The summed E-state index contributed by atoms with van der Waals surface area (Å²) in [5, 5.41) is 3.62. The fraction of sp³-hybridized carbons (Fsp3) is 0.923. The Labute approximate surface area is 109 Å².